The van der Waals surface area contributed by atoms with Gasteiger partial charge in [0.2, 0.25) is 0 Å². The van der Waals surface area contributed by atoms with Crippen LogP contribution in [-0.2, 0) is 9.47 Å². The summed E-state index contributed by atoms with van der Waals surface area (Å²) in [5, 5.41) is 8.22. The fraction of sp³-hybridized carbons (Fsp3) is 0.316. The molecule has 1 aromatic carbocycles. The van der Waals surface area contributed by atoms with Crippen LogP contribution in [0, 0.1) is 0 Å². The minimum atomic E-state index is -0.745. The number of aromatic nitrogens is 1. The number of pyridine rings is 1. The lowest BCUT2D eigenvalue weighted by Crippen LogP contribution is -2.33. The van der Waals surface area contributed by atoms with E-state index in [4.69, 9.17) is 19.9 Å². The first-order chi connectivity index (χ1) is 13.6. The number of hydrogen-bond donors (Lipinski definition) is 4. The Morgan fingerprint density at radius 2 is 1.97 bits per heavy atom. The van der Waals surface area contributed by atoms with Crippen LogP contribution in [0.15, 0.2) is 30.5 Å². The molecule has 1 amide bonds. The molecule has 0 spiro atoms. The van der Waals surface area contributed by atoms with E-state index < -0.39 is 24.0 Å². The summed E-state index contributed by atoms with van der Waals surface area (Å²) >= 11 is 0. The SMILES string of the molecule is CNC(=O)OC1Nc2cc(Oc3ccc(C(=O)OC(C)(C)C)cc3N)cnc2N1. The average molecular weight is 401 g/mol. The van der Waals surface area contributed by atoms with Gasteiger partial charge in [-0.05, 0) is 39.0 Å². The smallest absolute Gasteiger partial charge is 0.410 e. The number of alkyl carbamates (subject to hydrolysis) is 1. The summed E-state index contributed by atoms with van der Waals surface area (Å²) in [6.07, 6.45) is 0.166. The average Bonchev–Trinajstić information content (AvgIpc) is 3.03. The Kier molecular flexibility index (Phi) is 5.35. The molecule has 1 atom stereocenters. The van der Waals surface area contributed by atoms with Gasteiger partial charge in [-0.2, -0.15) is 0 Å². The lowest BCUT2D eigenvalue weighted by atomic mass is 10.1. The molecule has 1 aliphatic rings. The second-order valence-corrected chi connectivity index (χ2v) is 7.25. The number of fused-ring (bicyclic) bond motifs is 1. The minimum Gasteiger partial charge on any atom is -0.456 e. The number of carbonyl (C=O) groups is 2. The predicted molar refractivity (Wildman–Crippen MR) is 107 cm³/mol. The van der Waals surface area contributed by atoms with Crippen molar-refractivity contribution in [3.63, 3.8) is 0 Å². The third kappa shape index (κ3) is 4.98. The van der Waals surface area contributed by atoms with E-state index >= 15 is 0 Å². The number of rotatable bonds is 4. The van der Waals surface area contributed by atoms with E-state index in [1.807, 2.05) is 0 Å². The summed E-state index contributed by atoms with van der Waals surface area (Å²) < 4.78 is 16.2. The number of benzene rings is 1. The molecular formula is C19H23N5O5. The van der Waals surface area contributed by atoms with Crippen LogP contribution >= 0.6 is 0 Å². The number of nitrogens with one attached hydrogen (secondary N) is 3. The van der Waals surface area contributed by atoms with Crippen LogP contribution in [0.2, 0.25) is 0 Å². The van der Waals surface area contributed by atoms with E-state index in [1.54, 1.807) is 39.0 Å². The van der Waals surface area contributed by atoms with E-state index in [1.165, 1.54) is 19.3 Å². The van der Waals surface area contributed by atoms with Crippen LogP contribution in [0.3, 0.4) is 0 Å². The molecule has 2 aromatic rings. The van der Waals surface area contributed by atoms with Crippen LogP contribution in [0.5, 0.6) is 11.5 Å². The Bertz CT molecular complexity index is 941. The molecule has 0 aliphatic carbocycles. The molecular weight excluding hydrogens is 378 g/mol. The molecule has 0 bridgehead atoms. The third-order valence-corrected chi connectivity index (χ3v) is 3.72. The summed E-state index contributed by atoms with van der Waals surface area (Å²) in [6.45, 7) is 5.37. The van der Waals surface area contributed by atoms with Crippen molar-refractivity contribution in [1.29, 1.82) is 0 Å². The Labute approximate surface area is 167 Å². The van der Waals surface area contributed by atoms with E-state index in [2.05, 4.69) is 20.9 Å². The maximum atomic E-state index is 12.2. The number of anilines is 3. The quantitative estimate of drug-likeness (QED) is 0.450. The second kappa shape index (κ2) is 7.74. The van der Waals surface area contributed by atoms with Crippen molar-refractivity contribution in [2.45, 2.75) is 32.7 Å². The highest BCUT2D eigenvalue weighted by atomic mass is 16.6. The molecule has 1 aliphatic heterocycles. The van der Waals surface area contributed by atoms with Gasteiger partial charge in [0, 0.05) is 13.1 Å². The highest BCUT2D eigenvalue weighted by Gasteiger charge is 2.24. The van der Waals surface area contributed by atoms with Gasteiger partial charge in [-0.1, -0.05) is 0 Å². The zero-order valence-electron chi connectivity index (χ0n) is 16.5. The molecule has 29 heavy (non-hydrogen) atoms. The lowest BCUT2D eigenvalue weighted by Gasteiger charge is -2.19. The van der Waals surface area contributed by atoms with Crippen molar-refractivity contribution in [3.05, 3.63) is 36.0 Å². The first-order valence-corrected chi connectivity index (χ1v) is 8.87. The number of nitrogens with two attached hydrogens (primary N) is 1. The van der Waals surface area contributed by atoms with Gasteiger partial charge in [0.1, 0.15) is 17.1 Å². The van der Waals surface area contributed by atoms with Gasteiger partial charge in [0.15, 0.2) is 5.82 Å². The Morgan fingerprint density at radius 3 is 2.62 bits per heavy atom. The van der Waals surface area contributed by atoms with Gasteiger partial charge in [0.25, 0.3) is 6.35 Å². The van der Waals surface area contributed by atoms with Crippen LogP contribution < -0.4 is 26.4 Å². The molecule has 3 rings (SSSR count). The molecule has 1 unspecified atom stereocenters. The predicted octanol–water partition coefficient (Wildman–Crippen LogP) is 2.89. The van der Waals surface area contributed by atoms with Crippen molar-refractivity contribution in [2.75, 3.05) is 23.4 Å². The lowest BCUT2D eigenvalue weighted by molar-refractivity contribution is 0.00695. The van der Waals surface area contributed by atoms with Crippen molar-refractivity contribution in [2.24, 2.45) is 0 Å². The maximum Gasteiger partial charge on any atom is 0.410 e. The zero-order valence-corrected chi connectivity index (χ0v) is 16.5. The Morgan fingerprint density at radius 1 is 1.21 bits per heavy atom. The van der Waals surface area contributed by atoms with E-state index in [0.717, 1.165) is 0 Å². The molecule has 2 heterocycles. The fourth-order valence-corrected chi connectivity index (χ4v) is 2.49. The van der Waals surface area contributed by atoms with Gasteiger partial charge in [-0.15, -0.1) is 0 Å². The van der Waals surface area contributed by atoms with Gasteiger partial charge in [-0.3, -0.25) is 0 Å². The molecule has 10 heteroatoms. The van der Waals surface area contributed by atoms with Crippen LogP contribution in [-0.4, -0.2) is 36.0 Å². The number of hydrogen-bond acceptors (Lipinski definition) is 9. The second-order valence-electron chi connectivity index (χ2n) is 7.25. The fourth-order valence-electron chi connectivity index (χ4n) is 2.49. The number of esters is 1. The summed E-state index contributed by atoms with van der Waals surface area (Å²) in [5.74, 6) is 0.824. The Balaban J connectivity index is 1.69. The Hall–Kier alpha value is -3.69. The van der Waals surface area contributed by atoms with Crippen molar-refractivity contribution in [1.82, 2.24) is 10.3 Å². The van der Waals surface area contributed by atoms with Crippen LogP contribution in [0.4, 0.5) is 22.0 Å². The maximum absolute atomic E-state index is 12.2. The summed E-state index contributed by atoms with van der Waals surface area (Å²) in [6, 6.07) is 6.35. The number of nitrogen functional groups attached to an aromatic ring is 1. The number of ether oxygens (including phenoxy) is 3. The van der Waals surface area contributed by atoms with Gasteiger partial charge < -0.3 is 35.9 Å². The van der Waals surface area contributed by atoms with Crippen LogP contribution in [0.1, 0.15) is 31.1 Å². The van der Waals surface area contributed by atoms with Crippen LogP contribution in [0.25, 0.3) is 0 Å². The van der Waals surface area contributed by atoms with E-state index in [9.17, 15) is 9.59 Å². The molecule has 0 radical (unpaired) electrons. The first-order valence-electron chi connectivity index (χ1n) is 8.87. The molecule has 154 valence electrons. The molecule has 0 fully saturated rings. The van der Waals surface area contributed by atoms with Crippen molar-refractivity contribution >= 4 is 29.3 Å². The monoisotopic (exact) mass is 401 g/mol. The highest BCUT2D eigenvalue weighted by molar-refractivity contribution is 5.91. The summed E-state index contributed by atoms with van der Waals surface area (Å²) in [4.78, 5) is 27.7. The molecule has 0 saturated carbocycles. The summed E-state index contributed by atoms with van der Waals surface area (Å²) in [5.41, 5.74) is 6.64. The number of carbonyl (C=O) groups excluding carboxylic acids is 2. The first kappa shape index (κ1) is 20.1. The number of nitrogens with zero attached hydrogens (tertiary/aromatic N) is 1. The highest BCUT2D eigenvalue weighted by Crippen LogP contribution is 2.34. The van der Waals surface area contributed by atoms with Gasteiger partial charge >= 0.3 is 12.1 Å². The van der Waals surface area contributed by atoms with E-state index in [-0.39, 0.29) is 5.69 Å². The minimum absolute atomic E-state index is 0.278. The molecule has 5 N–H and O–H groups in total. The zero-order chi connectivity index (χ0) is 21.2. The molecule has 10 nitrogen and oxygen atoms in total. The largest absolute Gasteiger partial charge is 0.456 e. The van der Waals surface area contributed by atoms with Crippen molar-refractivity contribution < 1.29 is 23.8 Å². The summed E-state index contributed by atoms with van der Waals surface area (Å²) in [7, 11) is 1.47. The number of amides is 1. The van der Waals surface area contributed by atoms with E-state index in [0.29, 0.717) is 28.6 Å². The normalized spacial score (nSPS) is 14.8. The molecule has 1 aromatic heterocycles. The van der Waals surface area contributed by atoms with Crippen molar-refractivity contribution in [3.8, 4) is 11.5 Å². The standard InChI is InChI=1S/C19H23N5O5/c1-19(2,3)29-16(25)10-5-6-14(12(20)7-10)27-11-8-13-15(22-9-11)24-17(23-13)28-18(26)21-4/h5-9,17,23H,20H2,1-4H3,(H,21,26)(H,22,24). The topological polar surface area (TPSA) is 137 Å². The van der Waals surface area contributed by atoms with Gasteiger partial charge in [-0.25, -0.2) is 14.6 Å². The van der Waals surface area contributed by atoms with Gasteiger partial charge in [0.05, 0.1) is 23.1 Å². The third-order valence-electron chi connectivity index (χ3n) is 3.72. The molecule has 0 saturated heterocycles.